The zero-order chi connectivity index (χ0) is 17.6. The van der Waals surface area contributed by atoms with E-state index in [1.165, 1.54) is 0 Å². The van der Waals surface area contributed by atoms with Crippen molar-refractivity contribution >= 4 is 28.8 Å². The summed E-state index contributed by atoms with van der Waals surface area (Å²) >= 11 is 0. The molecule has 1 aliphatic rings. The van der Waals surface area contributed by atoms with Crippen molar-refractivity contribution < 1.29 is 14.3 Å². The van der Waals surface area contributed by atoms with Crippen LogP contribution in [0.15, 0.2) is 65.7 Å². The number of hydrogen-bond acceptors (Lipinski definition) is 4. The summed E-state index contributed by atoms with van der Waals surface area (Å²) in [6.45, 7) is 1.92. The Balaban J connectivity index is 2.12. The molecule has 3 rings (SSSR count). The van der Waals surface area contributed by atoms with Crippen molar-refractivity contribution in [3.8, 4) is 0 Å². The highest BCUT2D eigenvalue weighted by Crippen LogP contribution is 2.33. The topological polar surface area (TPSA) is 64.7 Å². The molecule has 0 atom stereocenters. The Kier molecular flexibility index (Phi) is 5.23. The zero-order valence-corrected chi connectivity index (χ0v) is 14.1. The minimum absolute atomic E-state index is 0.0283. The third-order valence-electron chi connectivity index (χ3n) is 3.87. The number of ether oxygens (including phenoxy) is 1. The lowest BCUT2D eigenvalue weighted by Crippen LogP contribution is -2.33. The molecule has 0 saturated heterocycles. The van der Waals surface area contributed by atoms with E-state index >= 15 is 0 Å². The van der Waals surface area contributed by atoms with Gasteiger partial charge in [0.2, 0.25) is 5.69 Å². The van der Waals surface area contributed by atoms with Crippen LogP contribution in [0.3, 0.4) is 0 Å². The molecule has 0 unspecified atom stereocenters. The van der Waals surface area contributed by atoms with Gasteiger partial charge in [-0.15, -0.1) is 0 Å². The van der Waals surface area contributed by atoms with Crippen LogP contribution < -0.4 is 0 Å². The molecule has 0 aromatic heterocycles. The lowest BCUT2D eigenvalue weighted by atomic mass is 10.1. The molecule has 5 nitrogen and oxygen atoms in total. The fourth-order valence-corrected chi connectivity index (χ4v) is 2.52. The Labute approximate surface area is 146 Å². The number of esters is 1. The smallest absolute Gasteiger partial charge is 0.407 e. The normalized spacial score (nSPS) is 15.5. The third kappa shape index (κ3) is 4.12. The van der Waals surface area contributed by atoms with Gasteiger partial charge in [0.05, 0.1) is 12.3 Å². The monoisotopic (exact) mass is 336 g/mol. The van der Waals surface area contributed by atoms with E-state index in [0.717, 1.165) is 12.8 Å². The average Bonchev–Trinajstić information content (AvgIpc) is 3.48. The van der Waals surface area contributed by atoms with Crippen molar-refractivity contribution in [2.24, 2.45) is 10.9 Å². The van der Waals surface area contributed by atoms with E-state index in [9.17, 15) is 10.0 Å². The maximum Gasteiger partial charge on any atom is 0.407 e. The first kappa shape index (κ1) is 16.9. The molecule has 2 aromatic carbocycles. The number of para-hydroxylation sites is 2. The number of hydrogen-bond donors (Lipinski definition) is 0. The fourth-order valence-electron chi connectivity index (χ4n) is 2.52. The number of aliphatic imine (C=N–C) groups is 1. The van der Waals surface area contributed by atoms with Crippen molar-refractivity contribution in [1.29, 1.82) is 0 Å². The Hall–Kier alpha value is -2.95. The highest BCUT2D eigenvalue weighted by molar-refractivity contribution is 6.65. The second kappa shape index (κ2) is 7.75. The van der Waals surface area contributed by atoms with Gasteiger partial charge in [0.15, 0.2) is 0 Å². The number of benzene rings is 2. The Bertz CT molecular complexity index is 794. The van der Waals surface area contributed by atoms with Crippen LogP contribution in [-0.2, 0) is 9.53 Å². The Morgan fingerprint density at radius 1 is 1.12 bits per heavy atom. The number of rotatable bonds is 6. The standard InChI is InChI=1S/C20H20N2O3/c1-2-25-20(23)19(22(24)17-11-7-4-8-12-17)18(15-13-14-15)21-16-9-5-3-6-10-16/h3-12,15H,2,13-14H2,1H3/b21-18?,22-19+. The van der Waals surface area contributed by atoms with Gasteiger partial charge in [0.25, 0.3) is 0 Å². The van der Waals surface area contributed by atoms with E-state index in [4.69, 9.17) is 4.74 Å². The van der Waals surface area contributed by atoms with Gasteiger partial charge in [-0.3, -0.25) is 0 Å². The van der Waals surface area contributed by atoms with Gasteiger partial charge in [-0.1, -0.05) is 36.4 Å². The fraction of sp³-hybridized carbons (Fsp3) is 0.250. The van der Waals surface area contributed by atoms with Crippen molar-refractivity contribution in [2.45, 2.75) is 19.8 Å². The number of carbonyl (C=O) groups is 1. The second-order valence-electron chi connectivity index (χ2n) is 5.81. The van der Waals surface area contributed by atoms with E-state index in [0.29, 0.717) is 21.8 Å². The first-order valence-corrected chi connectivity index (χ1v) is 8.41. The van der Waals surface area contributed by atoms with Crippen LogP contribution in [0.4, 0.5) is 11.4 Å². The summed E-state index contributed by atoms with van der Waals surface area (Å²) in [6, 6.07) is 18.0. The molecular weight excluding hydrogens is 316 g/mol. The predicted octanol–water partition coefficient (Wildman–Crippen LogP) is 4.02. The van der Waals surface area contributed by atoms with Crippen LogP contribution in [0.2, 0.25) is 0 Å². The second-order valence-corrected chi connectivity index (χ2v) is 5.81. The first-order chi connectivity index (χ1) is 12.2. The molecule has 1 saturated carbocycles. The van der Waals surface area contributed by atoms with Crippen LogP contribution in [0.5, 0.6) is 0 Å². The molecule has 0 aliphatic heterocycles. The quantitative estimate of drug-likeness (QED) is 0.263. The molecule has 25 heavy (non-hydrogen) atoms. The summed E-state index contributed by atoms with van der Waals surface area (Å²) in [7, 11) is 0. The van der Waals surface area contributed by atoms with Crippen molar-refractivity contribution in [3.05, 3.63) is 65.9 Å². The maximum atomic E-state index is 12.9. The van der Waals surface area contributed by atoms with Gasteiger partial charge < -0.3 is 9.94 Å². The summed E-state index contributed by atoms with van der Waals surface area (Å²) in [5, 5.41) is 12.9. The zero-order valence-electron chi connectivity index (χ0n) is 14.1. The van der Waals surface area contributed by atoms with Crippen molar-refractivity contribution in [3.63, 3.8) is 0 Å². The molecule has 0 bridgehead atoms. The average molecular weight is 336 g/mol. The first-order valence-electron chi connectivity index (χ1n) is 8.41. The van der Waals surface area contributed by atoms with Gasteiger partial charge in [0, 0.05) is 18.1 Å². The molecule has 1 aliphatic carbocycles. The summed E-state index contributed by atoms with van der Waals surface area (Å²) in [5.41, 5.74) is 1.57. The molecule has 0 amide bonds. The molecular formula is C20H20N2O3. The minimum Gasteiger partial charge on any atom is -0.618 e. The number of nitrogens with zero attached hydrogens (tertiary/aromatic N) is 2. The highest BCUT2D eigenvalue weighted by atomic mass is 16.5. The predicted molar refractivity (Wildman–Crippen MR) is 97.6 cm³/mol. The summed E-state index contributed by atoms with van der Waals surface area (Å²) in [5.74, 6) is -0.525. The van der Waals surface area contributed by atoms with E-state index < -0.39 is 5.97 Å². The molecule has 0 N–H and O–H groups in total. The molecule has 128 valence electrons. The molecule has 0 radical (unpaired) electrons. The summed E-state index contributed by atoms with van der Waals surface area (Å²) in [6.07, 6.45) is 1.83. The largest absolute Gasteiger partial charge is 0.618 e. The Morgan fingerprint density at radius 3 is 2.28 bits per heavy atom. The van der Waals surface area contributed by atoms with E-state index in [2.05, 4.69) is 4.99 Å². The van der Waals surface area contributed by atoms with Crippen LogP contribution in [0.1, 0.15) is 19.8 Å². The van der Waals surface area contributed by atoms with Crippen LogP contribution >= 0.6 is 0 Å². The third-order valence-corrected chi connectivity index (χ3v) is 3.87. The molecule has 2 aromatic rings. The summed E-state index contributed by atoms with van der Waals surface area (Å²) < 4.78 is 5.78. The highest BCUT2D eigenvalue weighted by Gasteiger charge is 2.40. The molecule has 1 fully saturated rings. The van der Waals surface area contributed by atoms with Crippen LogP contribution in [0, 0.1) is 11.1 Å². The Morgan fingerprint density at radius 2 is 1.72 bits per heavy atom. The van der Waals surface area contributed by atoms with Crippen molar-refractivity contribution in [1.82, 2.24) is 0 Å². The maximum absolute atomic E-state index is 12.9. The lowest BCUT2D eigenvalue weighted by molar-refractivity contribution is -0.358. The van der Waals surface area contributed by atoms with Gasteiger partial charge in [-0.05, 0) is 31.9 Å². The van der Waals surface area contributed by atoms with E-state index in [1.807, 2.05) is 36.4 Å². The van der Waals surface area contributed by atoms with Gasteiger partial charge in [-0.25, -0.2) is 9.79 Å². The molecule has 0 spiro atoms. The number of carbonyl (C=O) groups excluding carboxylic acids is 1. The summed E-state index contributed by atoms with van der Waals surface area (Å²) in [4.78, 5) is 17.1. The SMILES string of the molecule is CCOC(=O)/C(C(=Nc1ccccc1)C1CC1)=[N+](/[O-])c1ccccc1. The van der Waals surface area contributed by atoms with Gasteiger partial charge >= 0.3 is 11.7 Å². The lowest BCUT2D eigenvalue weighted by Gasteiger charge is -2.11. The van der Waals surface area contributed by atoms with Crippen LogP contribution in [0.25, 0.3) is 0 Å². The van der Waals surface area contributed by atoms with Crippen molar-refractivity contribution in [2.75, 3.05) is 6.61 Å². The van der Waals surface area contributed by atoms with Gasteiger partial charge in [-0.2, -0.15) is 4.74 Å². The molecule has 0 heterocycles. The van der Waals surface area contributed by atoms with Crippen LogP contribution in [-0.4, -0.2) is 28.7 Å². The van der Waals surface area contributed by atoms with Gasteiger partial charge in [0.1, 0.15) is 5.71 Å². The van der Waals surface area contributed by atoms with E-state index in [1.54, 1.807) is 31.2 Å². The minimum atomic E-state index is -0.636. The molecule has 5 heteroatoms. The van der Waals surface area contributed by atoms with E-state index in [-0.39, 0.29) is 18.2 Å².